The van der Waals surface area contributed by atoms with E-state index in [1.54, 1.807) is 55.6 Å². The van der Waals surface area contributed by atoms with Crippen LogP contribution in [0.25, 0.3) is 6.08 Å². The summed E-state index contributed by atoms with van der Waals surface area (Å²) in [5, 5.41) is 11.9. The van der Waals surface area contributed by atoms with Crippen molar-refractivity contribution in [3.8, 4) is 17.6 Å². The van der Waals surface area contributed by atoms with Crippen molar-refractivity contribution in [3.63, 3.8) is 0 Å². The Morgan fingerprint density at radius 3 is 2.58 bits per heavy atom. The Morgan fingerprint density at radius 1 is 1.21 bits per heavy atom. The number of ether oxygens (including phenoxy) is 2. The number of methoxy groups -OCH3 is 1. The number of nitriles is 1. The van der Waals surface area contributed by atoms with Crippen LogP contribution < -0.4 is 14.8 Å². The van der Waals surface area contributed by atoms with Gasteiger partial charge in [0.2, 0.25) is 0 Å². The van der Waals surface area contributed by atoms with Crippen LogP contribution in [0.4, 0.5) is 5.69 Å². The van der Waals surface area contributed by atoms with Gasteiger partial charge in [0, 0.05) is 11.8 Å². The van der Waals surface area contributed by atoms with Crippen molar-refractivity contribution in [2.75, 3.05) is 19.0 Å². The molecule has 0 unspecified atom stereocenters. The van der Waals surface area contributed by atoms with E-state index in [9.17, 15) is 10.1 Å². The first-order chi connectivity index (χ1) is 11.7. The number of anilines is 1. The molecule has 0 fully saturated rings. The minimum absolute atomic E-state index is 0.0157. The van der Waals surface area contributed by atoms with Crippen LogP contribution in [0, 0.1) is 11.3 Å². The van der Waals surface area contributed by atoms with Gasteiger partial charge in [-0.2, -0.15) is 5.26 Å². The van der Waals surface area contributed by atoms with E-state index in [0.29, 0.717) is 23.8 Å². The smallest absolute Gasteiger partial charge is 0.266 e. The van der Waals surface area contributed by atoms with Crippen LogP contribution in [0.5, 0.6) is 11.5 Å². The molecule has 5 nitrogen and oxygen atoms in total. The zero-order chi connectivity index (χ0) is 17.4. The molecule has 0 aliphatic heterocycles. The first kappa shape index (κ1) is 17.1. The van der Waals surface area contributed by atoms with E-state index >= 15 is 0 Å². The van der Waals surface area contributed by atoms with E-state index < -0.39 is 5.91 Å². The van der Waals surface area contributed by atoms with E-state index in [2.05, 4.69) is 5.32 Å². The molecule has 122 valence electrons. The molecule has 2 aromatic carbocycles. The lowest BCUT2D eigenvalue weighted by atomic mass is 10.1. The van der Waals surface area contributed by atoms with Crippen LogP contribution in [0.1, 0.15) is 12.5 Å². The number of amides is 1. The third kappa shape index (κ3) is 4.62. The summed E-state index contributed by atoms with van der Waals surface area (Å²) in [6.45, 7) is 2.43. The first-order valence-electron chi connectivity index (χ1n) is 7.46. The number of hydrogen-bond acceptors (Lipinski definition) is 4. The molecule has 5 heteroatoms. The maximum absolute atomic E-state index is 12.3. The summed E-state index contributed by atoms with van der Waals surface area (Å²) in [5.74, 6) is 0.901. The van der Waals surface area contributed by atoms with Gasteiger partial charge < -0.3 is 14.8 Å². The van der Waals surface area contributed by atoms with Crippen LogP contribution in [0.15, 0.2) is 54.1 Å². The second-order valence-electron chi connectivity index (χ2n) is 4.86. The Labute approximate surface area is 141 Å². The molecule has 0 heterocycles. The molecule has 0 spiro atoms. The van der Waals surface area contributed by atoms with Gasteiger partial charge in [0.05, 0.1) is 13.7 Å². The molecule has 2 rings (SSSR count). The minimum atomic E-state index is -0.470. The quantitative estimate of drug-likeness (QED) is 0.651. The Hall–Kier alpha value is -3.26. The molecule has 0 aromatic heterocycles. The van der Waals surface area contributed by atoms with E-state index in [1.165, 1.54) is 6.08 Å². The highest BCUT2D eigenvalue weighted by Gasteiger charge is 2.10. The maximum Gasteiger partial charge on any atom is 0.266 e. The Morgan fingerprint density at radius 2 is 1.96 bits per heavy atom. The van der Waals surface area contributed by atoms with Gasteiger partial charge in [-0.15, -0.1) is 0 Å². The van der Waals surface area contributed by atoms with Crippen molar-refractivity contribution >= 4 is 17.7 Å². The van der Waals surface area contributed by atoms with Gasteiger partial charge in [0.15, 0.2) is 0 Å². The zero-order valence-electron chi connectivity index (χ0n) is 13.6. The molecule has 0 atom stereocenters. The van der Waals surface area contributed by atoms with Crippen LogP contribution in [0.3, 0.4) is 0 Å². The lowest BCUT2D eigenvalue weighted by Gasteiger charge is -2.07. The summed E-state index contributed by atoms with van der Waals surface area (Å²) in [6.07, 6.45) is 1.53. The molecule has 0 bridgehead atoms. The second kappa shape index (κ2) is 8.39. The highest BCUT2D eigenvalue weighted by molar-refractivity contribution is 6.09. The van der Waals surface area contributed by atoms with Gasteiger partial charge >= 0.3 is 0 Å². The first-order valence-corrected chi connectivity index (χ1v) is 7.46. The number of carbonyl (C=O) groups excluding carboxylic acids is 1. The lowest BCUT2D eigenvalue weighted by Crippen LogP contribution is -2.13. The Balaban J connectivity index is 2.14. The van der Waals surface area contributed by atoms with Crippen LogP contribution in [-0.4, -0.2) is 19.6 Å². The van der Waals surface area contributed by atoms with Crippen molar-refractivity contribution in [3.05, 3.63) is 59.7 Å². The molecule has 1 amide bonds. The summed E-state index contributed by atoms with van der Waals surface area (Å²) in [5.41, 5.74) is 1.33. The molecule has 0 radical (unpaired) electrons. The number of benzene rings is 2. The minimum Gasteiger partial charge on any atom is -0.497 e. The van der Waals surface area contributed by atoms with Crippen LogP contribution in [0.2, 0.25) is 0 Å². The summed E-state index contributed by atoms with van der Waals surface area (Å²) < 4.78 is 10.5. The van der Waals surface area contributed by atoms with Crippen molar-refractivity contribution < 1.29 is 14.3 Å². The van der Waals surface area contributed by atoms with Crippen LogP contribution in [-0.2, 0) is 4.79 Å². The Bertz CT molecular complexity index is 774. The molecule has 24 heavy (non-hydrogen) atoms. The van der Waals surface area contributed by atoms with Gasteiger partial charge in [0.25, 0.3) is 5.91 Å². The van der Waals surface area contributed by atoms with Gasteiger partial charge in [-0.3, -0.25) is 4.79 Å². The summed E-state index contributed by atoms with van der Waals surface area (Å²) >= 11 is 0. The van der Waals surface area contributed by atoms with Crippen molar-refractivity contribution in [1.82, 2.24) is 0 Å². The third-order valence-corrected chi connectivity index (χ3v) is 3.19. The molecule has 1 N–H and O–H groups in total. The predicted molar refractivity (Wildman–Crippen MR) is 92.8 cm³/mol. The fourth-order valence-corrected chi connectivity index (χ4v) is 2.04. The van der Waals surface area contributed by atoms with Gasteiger partial charge in [-0.1, -0.05) is 18.2 Å². The van der Waals surface area contributed by atoms with Crippen molar-refractivity contribution in [1.29, 1.82) is 5.26 Å². The highest BCUT2D eigenvalue weighted by Crippen LogP contribution is 2.19. The van der Waals surface area contributed by atoms with Gasteiger partial charge in [-0.25, -0.2) is 0 Å². The topological polar surface area (TPSA) is 71.3 Å². The van der Waals surface area contributed by atoms with E-state index in [4.69, 9.17) is 9.47 Å². The summed E-state index contributed by atoms with van der Waals surface area (Å²) in [7, 11) is 1.58. The fraction of sp³-hybridized carbons (Fsp3) is 0.158. The standard InChI is InChI=1S/C19H18N2O3/c1-3-24-18-6-4-5-16(12-18)21-19(22)15(13-20)11-14-7-9-17(23-2)10-8-14/h4-12H,3H2,1-2H3,(H,21,22)/b15-11+. The average molecular weight is 322 g/mol. The van der Waals surface area contributed by atoms with Crippen LogP contribution >= 0.6 is 0 Å². The fourth-order valence-electron chi connectivity index (χ4n) is 2.04. The van der Waals surface area contributed by atoms with Crippen molar-refractivity contribution in [2.24, 2.45) is 0 Å². The van der Waals surface area contributed by atoms with E-state index in [0.717, 1.165) is 5.56 Å². The number of carbonyl (C=O) groups is 1. The van der Waals surface area contributed by atoms with Gasteiger partial charge in [-0.05, 0) is 42.8 Å². The molecule has 0 saturated carbocycles. The van der Waals surface area contributed by atoms with Gasteiger partial charge in [0.1, 0.15) is 23.1 Å². The van der Waals surface area contributed by atoms with E-state index in [-0.39, 0.29) is 5.57 Å². The molecular weight excluding hydrogens is 304 g/mol. The largest absolute Gasteiger partial charge is 0.497 e. The molecule has 2 aromatic rings. The van der Waals surface area contributed by atoms with E-state index in [1.807, 2.05) is 13.0 Å². The molecule has 0 aliphatic rings. The van der Waals surface area contributed by atoms with Crippen molar-refractivity contribution in [2.45, 2.75) is 6.92 Å². The monoisotopic (exact) mass is 322 g/mol. The number of hydrogen-bond donors (Lipinski definition) is 1. The normalized spacial score (nSPS) is 10.6. The lowest BCUT2D eigenvalue weighted by molar-refractivity contribution is -0.112. The second-order valence-corrected chi connectivity index (χ2v) is 4.86. The Kier molecular flexibility index (Phi) is 5.98. The average Bonchev–Trinajstić information content (AvgIpc) is 2.60. The molecule has 0 saturated heterocycles. The number of rotatable bonds is 6. The molecule has 0 aliphatic carbocycles. The molecular formula is C19H18N2O3. The summed E-state index contributed by atoms with van der Waals surface area (Å²) in [4.78, 5) is 12.3. The SMILES string of the molecule is CCOc1cccc(NC(=O)/C(C#N)=C/c2ccc(OC)cc2)c1. The maximum atomic E-state index is 12.3. The number of nitrogens with one attached hydrogen (secondary N) is 1. The zero-order valence-corrected chi connectivity index (χ0v) is 13.6. The number of nitrogens with zero attached hydrogens (tertiary/aromatic N) is 1. The third-order valence-electron chi connectivity index (χ3n) is 3.19. The predicted octanol–water partition coefficient (Wildman–Crippen LogP) is 3.64. The highest BCUT2D eigenvalue weighted by atomic mass is 16.5. The summed E-state index contributed by atoms with van der Waals surface area (Å²) in [6, 6.07) is 16.0.